The van der Waals surface area contributed by atoms with E-state index >= 15 is 0 Å². The van der Waals surface area contributed by atoms with E-state index in [4.69, 9.17) is 0 Å². The summed E-state index contributed by atoms with van der Waals surface area (Å²) >= 11 is 3.19. The minimum Gasteiger partial charge on any atom is -0.355 e. The van der Waals surface area contributed by atoms with E-state index < -0.39 is 0 Å². The number of hydrogen-bond donors (Lipinski definition) is 1. The first kappa shape index (κ1) is 11.1. The number of thiazole rings is 1. The zero-order valence-corrected chi connectivity index (χ0v) is 11.5. The SMILES string of the molecule is Cc1nc(CNc2nc(C3CC3)ns2)c(C)s1. The van der Waals surface area contributed by atoms with Crippen molar-refractivity contribution in [2.45, 2.75) is 39.2 Å². The molecule has 6 heteroatoms. The number of nitrogens with zero attached hydrogens (tertiary/aromatic N) is 3. The second kappa shape index (κ2) is 4.34. The van der Waals surface area contributed by atoms with E-state index in [2.05, 4.69) is 26.6 Å². The lowest BCUT2D eigenvalue weighted by molar-refractivity contribution is 0.972. The van der Waals surface area contributed by atoms with Crippen molar-refractivity contribution < 1.29 is 0 Å². The van der Waals surface area contributed by atoms with Gasteiger partial charge in [-0.1, -0.05) is 0 Å². The van der Waals surface area contributed by atoms with E-state index in [1.165, 1.54) is 29.3 Å². The second-order valence-electron chi connectivity index (χ2n) is 4.32. The Morgan fingerprint density at radius 1 is 1.29 bits per heavy atom. The van der Waals surface area contributed by atoms with E-state index in [9.17, 15) is 0 Å². The normalized spacial score (nSPS) is 15.2. The molecule has 1 N–H and O–H groups in total. The molecule has 90 valence electrons. The van der Waals surface area contributed by atoms with Gasteiger partial charge >= 0.3 is 0 Å². The molecule has 0 unspecified atom stereocenters. The Balaban J connectivity index is 1.64. The molecule has 4 nitrogen and oxygen atoms in total. The molecule has 0 atom stereocenters. The third kappa shape index (κ3) is 2.47. The van der Waals surface area contributed by atoms with Crippen LogP contribution in [0.5, 0.6) is 0 Å². The monoisotopic (exact) mass is 266 g/mol. The Morgan fingerprint density at radius 2 is 2.12 bits per heavy atom. The summed E-state index contributed by atoms with van der Waals surface area (Å²) in [6.45, 7) is 4.89. The van der Waals surface area contributed by atoms with Crippen molar-refractivity contribution in [1.29, 1.82) is 0 Å². The molecular formula is C11H14N4S2. The number of anilines is 1. The van der Waals surface area contributed by atoms with Crippen LogP contribution in [0.1, 0.15) is 40.2 Å². The molecule has 0 spiro atoms. The highest BCUT2D eigenvalue weighted by molar-refractivity contribution is 7.11. The predicted molar refractivity (Wildman–Crippen MR) is 70.8 cm³/mol. The summed E-state index contributed by atoms with van der Waals surface area (Å²) in [5.74, 6) is 1.65. The van der Waals surface area contributed by atoms with Gasteiger partial charge in [-0.25, -0.2) is 9.97 Å². The minimum absolute atomic E-state index is 0.630. The van der Waals surface area contributed by atoms with Gasteiger partial charge in [0.15, 0.2) is 0 Å². The number of hydrogen-bond acceptors (Lipinski definition) is 6. The van der Waals surface area contributed by atoms with Crippen molar-refractivity contribution in [3.8, 4) is 0 Å². The van der Waals surface area contributed by atoms with E-state index in [1.807, 2.05) is 6.92 Å². The van der Waals surface area contributed by atoms with Gasteiger partial charge in [-0.05, 0) is 26.7 Å². The molecule has 1 fully saturated rings. The molecule has 0 saturated heterocycles. The van der Waals surface area contributed by atoms with Gasteiger partial charge in [0, 0.05) is 22.3 Å². The summed E-state index contributed by atoms with van der Waals surface area (Å²) in [7, 11) is 0. The third-order valence-electron chi connectivity index (χ3n) is 2.79. The molecule has 0 radical (unpaired) electrons. The minimum atomic E-state index is 0.630. The fraction of sp³-hybridized carbons (Fsp3) is 0.545. The summed E-state index contributed by atoms with van der Waals surface area (Å²) in [6, 6.07) is 0. The molecular weight excluding hydrogens is 252 g/mol. The maximum Gasteiger partial charge on any atom is 0.202 e. The molecule has 2 aromatic rings. The van der Waals surface area contributed by atoms with Crippen LogP contribution in [-0.2, 0) is 6.54 Å². The van der Waals surface area contributed by atoms with Crippen LogP contribution in [-0.4, -0.2) is 14.3 Å². The highest BCUT2D eigenvalue weighted by Crippen LogP contribution is 2.39. The average molecular weight is 266 g/mol. The smallest absolute Gasteiger partial charge is 0.202 e. The number of rotatable bonds is 4. The molecule has 3 rings (SSSR count). The van der Waals surface area contributed by atoms with Crippen LogP contribution in [0.25, 0.3) is 0 Å². The lowest BCUT2D eigenvalue weighted by Gasteiger charge is -1.99. The number of nitrogens with one attached hydrogen (secondary N) is 1. The lowest BCUT2D eigenvalue weighted by Crippen LogP contribution is -2.00. The van der Waals surface area contributed by atoms with Crippen LogP contribution >= 0.6 is 22.9 Å². The Hall–Kier alpha value is -1.01. The summed E-state index contributed by atoms with van der Waals surface area (Å²) in [4.78, 5) is 10.3. The van der Waals surface area contributed by atoms with Gasteiger partial charge in [0.05, 0.1) is 17.2 Å². The van der Waals surface area contributed by atoms with Gasteiger partial charge in [-0.2, -0.15) is 4.37 Å². The first-order valence-corrected chi connectivity index (χ1v) is 7.32. The average Bonchev–Trinajstić information content (AvgIpc) is 2.95. The van der Waals surface area contributed by atoms with Crippen molar-refractivity contribution in [2.75, 3.05) is 5.32 Å². The summed E-state index contributed by atoms with van der Waals surface area (Å²) in [6.07, 6.45) is 2.50. The molecule has 0 aromatic carbocycles. The van der Waals surface area contributed by atoms with Crippen molar-refractivity contribution in [2.24, 2.45) is 0 Å². The predicted octanol–water partition coefficient (Wildman–Crippen LogP) is 3.10. The maximum absolute atomic E-state index is 4.50. The fourth-order valence-corrected chi connectivity index (χ4v) is 3.18. The van der Waals surface area contributed by atoms with Gasteiger partial charge in [-0.15, -0.1) is 11.3 Å². The van der Waals surface area contributed by atoms with E-state index in [0.717, 1.165) is 28.2 Å². The topological polar surface area (TPSA) is 50.7 Å². The largest absolute Gasteiger partial charge is 0.355 e. The molecule has 2 heterocycles. The van der Waals surface area contributed by atoms with Crippen LogP contribution in [0.2, 0.25) is 0 Å². The van der Waals surface area contributed by atoms with Crippen LogP contribution in [0.4, 0.5) is 5.13 Å². The van der Waals surface area contributed by atoms with Crippen molar-refractivity contribution in [3.63, 3.8) is 0 Å². The molecule has 0 bridgehead atoms. The maximum atomic E-state index is 4.50. The standard InChI is InChI=1S/C11H14N4S2/c1-6-9(13-7(2)16-6)5-12-11-14-10(15-17-11)8-3-4-8/h8H,3-5H2,1-2H3,(H,12,14,15). The Kier molecular flexibility index (Phi) is 2.84. The van der Waals surface area contributed by atoms with Gasteiger partial charge in [-0.3, -0.25) is 0 Å². The Labute approximate surface area is 108 Å². The van der Waals surface area contributed by atoms with Gasteiger partial charge in [0.25, 0.3) is 0 Å². The van der Waals surface area contributed by atoms with E-state index in [-0.39, 0.29) is 0 Å². The molecule has 2 aromatic heterocycles. The van der Waals surface area contributed by atoms with E-state index in [0.29, 0.717) is 5.92 Å². The highest BCUT2D eigenvalue weighted by Gasteiger charge is 2.27. The molecule has 0 amide bonds. The van der Waals surface area contributed by atoms with Crippen LogP contribution in [0.15, 0.2) is 0 Å². The van der Waals surface area contributed by atoms with Crippen LogP contribution in [0, 0.1) is 13.8 Å². The van der Waals surface area contributed by atoms with Crippen molar-refractivity contribution in [1.82, 2.24) is 14.3 Å². The molecule has 1 saturated carbocycles. The van der Waals surface area contributed by atoms with Gasteiger partial charge in [0.1, 0.15) is 5.82 Å². The van der Waals surface area contributed by atoms with E-state index in [1.54, 1.807) is 11.3 Å². The zero-order chi connectivity index (χ0) is 11.8. The second-order valence-corrected chi connectivity index (χ2v) is 6.48. The third-order valence-corrected chi connectivity index (χ3v) is 4.41. The Bertz CT molecular complexity index is 527. The van der Waals surface area contributed by atoms with Gasteiger partial charge < -0.3 is 5.32 Å². The molecule has 17 heavy (non-hydrogen) atoms. The summed E-state index contributed by atoms with van der Waals surface area (Å²) in [5.41, 5.74) is 1.12. The number of aromatic nitrogens is 3. The zero-order valence-electron chi connectivity index (χ0n) is 9.86. The molecule has 1 aliphatic rings. The first-order chi connectivity index (χ1) is 8.22. The van der Waals surface area contributed by atoms with Gasteiger partial charge in [0.2, 0.25) is 5.13 Å². The quantitative estimate of drug-likeness (QED) is 0.924. The van der Waals surface area contributed by atoms with Crippen molar-refractivity contribution in [3.05, 3.63) is 21.4 Å². The Morgan fingerprint density at radius 3 is 2.76 bits per heavy atom. The summed E-state index contributed by atoms with van der Waals surface area (Å²) < 4.78 is 4.37. The molecule has 1 aliphatic carbocycles. The van der Waals surface area contributed by atoms with Crippen molar-refractivity contribution >= 4 is 28.0 Å². The lowest BCUT2D eigenvalue weighted by atomic mass is 10.4. The van der Waals surface area contributed by atoms with Crippen LogP contribution in [0.3, 0.4) is 0 Å². The first-order valence-electron chi connectivity index (χ1n) is 5.73. The van der Waals surface area contributed by atoms with Crippen LogP contribution < -0.4 is 5.32 Å². The highest BCUT2D eigenvalue weighted by atomic mass is 32.1. The number of aryl methyl sites for hydroxylation is 2. The summed E-state index contributed by atoms with van der Waals surface area (Å²) in [5, 5.41) is 5.34. The fourth-order valence-electron chi connectivity index (χ4n) is 1.71. The molecule has 0 aliphatic heterocycles.